The molecule has 1 heteroatoms. The molecule has 0 spiro atoms. The van der Waals surface area contributed by atoms with Gasteiger partial charge in [0.2, 0.25) is 0 Å². The minimum Gasteiger partial charge on any atom is -0.392 e. The lowest BCUT2D eigenvalue weighted by Gasteiger charge is -2.12. The molecular weight excluding hydrogens is 148 g/mol. The lowest BCUT2D eigenvalue weighted by Crippen LogP contribution is -2.03. The van der Waals surface area contributed by atoms with E-state index in [-0.39, 0.29) is 6.61 Å². The maximum absolute atomic E-state index is 8.53. The average Bonchev–Trinajstić information content (AvgIpc) is 2.56. The lowest BCUT2D eigenvalue weighted by molar-refractivity contribution is 0.342. The Kier molecular flexibility index (Phi) is 3.81. The molecular formula is C11H16O. The van der Waals surface area contributed by atoms with E-state index < -0.39 is 0 Å². The molecule has 12 heavy (non-hydrogen) atoms. The van der Waals surface area contributed by atoms with Crippen LogP contribution >= 0.6 is 0 Å². The summed E-state index contributed by atoms with van der Waals surface area (Å²) in [6.07, 6.45) is 13.5. The van der Waals surface area contributed by atoms with Gasteiger partial charge in [-0.2, -0.15) is 0 Å². The molecule has 66 valence electrons. The molecule has 1 rings (SSSR count). The Hall–Kier alpha value is -0.820. The summed E-state index contributed by atoms with van der Waals surface area (Å²) in [6, 6.07) is 0. The first kappa shape index (κ1) is 9.27. The Morgan fingerprint density at radius 3 is 2.58 bits per heavy atom. The molecule has 0 amide bonds. The molecule has 0 saturated carbocycles. The highest BCUT2D eigenvalue weighted by molar-refractivity contribution is 5.18. The SMILES string of the molecule is CC(C/C=C/CO)C1C=CC=C1. The van der Waals surface area contributed by atoms with Crippen molar-refractivity contribution in [1.29, 1.82) is 0 Å². The molecule has 0 fully saturated rings. The van der Waals surface area contributed by atoms with E-state index in [0.717, 1.165) is 6.42 Å². The number of rotatable bonds is 4. The minimum absolute atomic E-state index is 0.156. The van der Waals surface area contributed by atoms with Gasteiger partial charge in [0.15, 0.2) is 0 Å². The smallest absolute Gasteiger partial charge is 0.0612 e. The first-order valence-corrected chi connectivity index (χ1v) is 4.45. The van der Waals surface area contributed by atoms with E-state index in [1.165, 1.54) is 0 Å². The van der Waals surface area contributed by atoms with Crippen LogP contribution in [0.4, 0.5) is 0 Å². The summed E-state index contributed by atoms with van der Waals surface area (Å²) < 4.78 is 0. The molecule has 0 aromatic heterocycles. The Morgan fingerprint density at radius 1 is 1.33 bits per heavy atom. The van der Waals surface area contributed by atoms with Gasteiger partial charge in [-0.1, -0.05) is 43.4 Å². The van der Waals surface area contributed by atoms with Crippen molar-refractivity contribution in [2.75, 3.05) is 6.61 Å². The van der Waals surface area contributed by atoms with Crippen molar-refractivity contribution in [2.24, 2.45) is 11.8 Å². The highest BCUT2D eigenvalue weighted by Crippen LogP contribution is 2.22. The van der Waals surface area contributed by atoms with Crippen LogP contribution in [0.2, 0.25) is 0 Å². The summed E-state index contributed by atoms with van der Waals surface area (Å²) in [5.41, 5.74) is 0. The number of allylic oxidation sites excluding steroid dienone is 5. The third kappa shape index (κ3) is 2.67. The monoisotopic (exact) mass is 164 g/mol. The molecule has 1 aliphatic rings. The van der Waals surface area contributed by atoms with Crippen molar-refractivity contribution in [3.63, 3.8) is 0 Å². The van der Waals surface area contributed by atoms with Crippen molar-refractivity contribution in [1.82, 2.24) is 0 Å². The molecule has 0 aromatic carbocycles. The molecule has 0 aromatic rings. The standard InChI is InChI=1S/C11H16O/c1-10(6-4-5-9-12)11-7-2-3-8-11/h2-5,7-8,10-12H,6,9H2,1H3/b5-4+. The van der Waals surface area contributed by atoms with Crippen molar-refractivity contribution < 1.29 is 5.11 Å². The van der Waals surface area contributed by atoms with Gasteiger partial charge >= 0.3 is 0 Å². The van der Waals surface area contributed by atoms with Crippen LogP contribution in [0.25, 0.3) is 0 Å². The number of hydrogen-bond donors (Lipinski definition) is 1. The Bertz CT molecular complexity index is 189. The van der Waals surface area contributed by atoms with Crippen molar-refractivity contribution >= 4 is 0 Å². The van der Waals surface area contributed by atoms with Gasteiger partial charge in [-0.15, -0.1) is 0 Å². The van der Waals surface area contributed by atoms with Gasteiger partial charge in [-0.25, -0.2) is 0 Å². The second-order valence-electron chi connectivity index (χ2n) is 3.21. The summed E-state index contributed by atoms with van der Waals surface area (Å²) in [5, 5.41) is 8.53. The summed E-state index contributed by atoms with van der Waals surface area (Å²) in [7, 11) is 0. The second kappa shape index (κ2) is 4.94. The van der Waals surface area contributed by atoms with E-state index in [4.69, 9.17) is 5.11 Å². The third-order valence-corrected chi connectivity index (χ3v) is 2.21. The predicted octanol–water partition coefficient (Wildman–Crippen LogP) is 2.30. The highest BCUT2D eigenvalue weighted by atomic mass is 16.2. The van der Waals surface area contributed by atoms with Crippen molar-refractivity contribution in [2.45, 2.75) is 13.3 Å². The fourth-order valence-electron chi connectivity index (χ4n) is 1.37. The van der Waals surface area contributed by atoms with E-state index in [2.05, 4.69) is 31.2 Å². The zero-order chi connectivity index (χ0) is 8.81. The summed E-state index contributed by atoms with van der Waals surface area (Å²) in [4.78, 5) is 0. The predicted molar refractivity (Wildman–Crippen MR) is 51.8 cm³/mol. The number of aliphatic hydroxyl groups excluding tert-OH is 1. The largest absolute Gasteiger partial charge is 0.392 e. The Balaban J connectivity index is 2.28. The Labute approximate surface area is 74.1 Å². The molecule has 1 N–H and O–H groups in total. The van der Waals surface area contributed by atoms with Gasteiger partial charge in [0, 0.05) is 0 Å². The third-order valence-electron chi connectivity index (χ3n) is 2.21. The van der Waals surface area contributed by atoms with Crippen LogP contribution in [-0.4, -0.2) is 11.7 Å². The van der Waals surface area contributed by atoms with Gasteiger partial charge in [-0.3, -0.25) is 0 Å². The van der Waals surface area contributed by atoms with Crippen LogP contribution in [0.3, 0.4) is 0 Å². The quantitative estimate of drug-likeness (QED) is 0.632. The van der Waals surface area contributed by atoms with Crippen molar-refractivity contribution in [3.8, 4) is 0 Å². The summed E-state index contributed by atoms with van der Waals surface area (Å²) >= 11 is 0. The summed E-state index contributed by atoms with van der Waals surface area (Å²) in [5.74, 6) is 1.23. The average molecular weight is 164 g/mol. The van der Waals surface area contributed by atoms with Crippen LogP contribution in [-0.2, 0) is 0 Å². The number of aliphatic hydroxyl groups is 1. The molecule has 0 aliphatic heterocycles. The van der Waals surface area contributed by atoms with Crippen LogP contribution < -0.4 is 0 Å². The topological polar surface area (TPSA) is 20.2 Å². The highest BCUT2D eigenvalue weighted by Gasteiger charge is 2.11. The normalized spacial score (nSPS) is 19.5. The minimum atomic E-state index is 0.156. The molecule has 0 saturated heterocycles. The van der Waals surface area contributed by atoms with Gasteiger partial charge in [-0.05, 0) is 18.3 Å². The van der Waals surface area contributed by atoms with E-state index in [1.54, 1.807) is 6.08 Å². The second-order valence-corrected chi connectivity index (χ2v) is 3.21. The summed E-state index contributed by atoms with van der Waals surface area (Å²) in [6.45, 7) is 2.38. The molecule has 0 radical (unpaired) electrons. The zero-order valence-electron chi connectivity index (χ0n) is 7.48. The molecule has 1 atom stereocenters. The van der Waals surface area contributed by atoms with Gasteiger partial charge in [0.25, 0.3) is 0 Å². The molecule has 0 bridgehead atoms. The number of hydrogen-bond acceptors (Lipinski definition) is 1. The molecule has 1 unspecified atom stereocenters. The Morgan fingerprint density at radius 2 is 2.00 bits per heavy atom. The van der Waals surface area contributed by atoms with Crippen molar-refractivity contribution in [3.05, 3.63) is 36.5 Å². The van der Waals surface area contributed by atoms with Gasteiger partial charge in [0.05, 0.1) is 6.61 Å². The van der Waals surface area contributed by atoms with E-state index in [0.29, 0.717) is 11.8 Å². The van der Waals surface area contributed by atoms with Crippen LogP contribution in [0.1, 0.15) is 13.3 Å². The first-order valence-electron chi connectivity index (χ1n) is 4.45. The zero-order valence-corrected chi connectivity index (χ0v) is 7.48. The molecule has 1 nitrogen and oxygen atoms in total. The van der Waals surface area contributed by atoms with E-state index in [1.807, 2.05) is 6.08 Å². The maximum atomic E-state index is 8.53. The van der Waals surface area contributed by atoms with E-state index in [9.17, 15) is 0 Å². The fraction of sp³-hybridized carbons (Fsp3) is 0.455. The van der Waals surface area contributed by atoms with Crippen LogP contribution in [0, 0.1) is 11.8 Å². The molecule has 1 aliphatic carbocycles. The molecule has 0 heterocycles. The fourth-order valence-corrected chi connectivity index (χ4v) is 1.37. The lowest BCUT2D eigenvalue weighted by atomic mass is 9.92. The van der Waals surface area contributed by atoms with E-state index >= 15 is 0 Å². The van der Waals surface area contributed by atoms with Crippen LogP contribution in [0.15, 0.2) is 36.5 Å². The maximum Gasteiger partial charge on any atom is 0.0612 e. The van der Waals surface area contributed by atoms with Crippen LogP contribution in [0.5, 0.6) is 0 Å². The van der Waals surface area contributed by atoms with Gasteiger partial charge < -0.3 is 5.11 Å². The van der Waals surface area contributed by atoms with Gasteiger partial charge in [0.1, 0.15) is 0 Å². The first-order chi connectivity index (χ1) is 5.84.